The van der Waals surface area contributed by atoms with E-state index in [2.05, 4.69) is 5.32 Å². The number of rotatable bonds is 3. The van der Waals surface area contributed by atoms with E-state index in [1.165, 1.54) is 0 Å². The highest BCUT2D eigenvalue weighted by molar-refractivity contribution is 5.97. The van der Waals surface area contributed by atoms with Crippen LogP contribution in [0.25, 0.3) is 0 Å². The second kappa shape index (κ2) is 5.57. The molecule has 0 bridgehead atoms. The molecule has 0 aliphatic heterocycles. The SMILES string of the molecule is Cc1ccc(C(=O)NC(C)c2ccccc2)c(O)c1. The van der Waals surface area contributed by atoms with Crippen molar-refractivity contribution < 1.29 is 9.90 Å². The van der Waals surface area contributed by atoms with Gasteiger partial charge in [-0.25, -0.2) is 0 Å². The summed E-state index contributed by atoms with van der Waals surface area (Å²) in [6.07, 6.45) is 0. The van der Waals surface area contributed by atoms with Crippen LogP contribution in [0.2, 0.25) is 0 Å². The predicted molar refractivity (Wildman–Crippen MR) is 75.2 cm³/mol. The van der Waals surface area contributed by atoms with Crippen LogP contribution in [0.4, 0.5) is 0 Å². The van der Waals surface area contributed by atoms with Crippen LogP contribution in [0.5, 0.6) is 5.75 Å². The van der Waals surface area contributed by atoms with Crippen LogP contribution in [0.1, 0.15) is 34.5 Å². The summed E-state index contributed by atoms with van der Waals surface area (Å²) in [6.45, 7) is 3.78. The third-order valence-electron chi connectivity index (χ3n) is 3.05. The lowest BCUT2D eigenvalue weighted by molar-refractivity contribution is 0.0937. The zero-order valence-electron chi connectivity index (χ0n) is 11.1. The van der Waals surface area contributed by atoms with Gasteiger partial charge in [0.1, 0.15) is 5.75 Å². The Bertz CT molecular complexity index is 579. The molecule has 1 atom stereocenters. The highest BCUT2D eigenvalue weighted by atomic mass is 16.3. The van der Waals surface area contributed by atoms with Gasteiger partial charge in [0.05, 0.1) is 11.6 Å². The molecule has 1 unspecified atom stereocenters. The molecule has 0 aliphatic carbocycles. The normalized spacial score (nSPS) is 11.9. The number of hydrogen-bond donors (Lipinski definition) is 2. The largest absolute Gasteiger partial charge is 0.507 e. The Balaban J connectivity index is 2.13. The number of hydrogen-bond acceptors (Lipinski definition) is 2. The Labute approximate surface area is 112 Å². The van der Waals surface area contributed by atoms with Gasteiger partial charge in [-0.15, -0.1) is 0 Å². The third-order valence-corrected chi connectivity index (χ3v) is 3.05. The van der Waals surface area contributed by atoms with Crippen molar-refractivity contribution in [1.82, 2.24) is 5.32 Å². The van der Waals surface area contributed by atoms with Crippen LogP contribution in [0.3, 0.4) is 0 Å². The lowest BCUT2D eigenvalue weighted by Gasteiger charge is -2.15. The molecule has 0 aliphatic rings. The molecule has 98 valence electrons. The first-order chi connectivity index (χ1) is 9.08. The number of aromatic hydroxyl groups is 1. The Morgan fingerprint density at radius 1 is 1.16 bits per heavy atom. The summed E-state index contributed by atoms with van der Waals surface area (Å²) >= 11 is 0. The molecule has 19 heavy (non-hydrogen) atoms. The molecule has 1 amide bonds. The number of nitrogens with one attached hydrogen (secondary N) is 1. The summed E-state index contributed by atoms with van der Waals surface area (Å²) in [5.41, 5.74) is 2.25. The lowest BCUT2D eigenvalue weighted by atomic mass is 10.1. The molecule has 2 rings (SSSR count). The highest BCUT2D eigenvalue weighted by Crippen LogP contribution is 2.20. The molecular formula is C16H17NO2. The monoisotopic (exact) mass is 255 g/mol. The van der Waals surface area contributed by atoms with Crippen molar-refractivity contribution in [2.24, 2.45) is 0 Å². The van der Waals surface area contributed by atoms with Gasteiger partial charge < -0.3 is 10.4 Å². The molecule has 2 aromatic rings. The standard InChI is InChI=1S/C16H17NO2/c1-11-8-9-14(15(18)10-11)16(19)17-12(2)13-6-4-3-5-7-13/h3-10,12,18H,1-2H3,(H,17,19). The van der Waals surface area contributed by atoms with Gasteiger partial charge in [-0.05, 0) is 37.1 Å². The first-order valence-electron chi connectivity index (χ1n) is 6.23. The Morgan fingerprint density at radius 3 is 2.47 bits per heavy atom. The molecule has 0 spiro atoms. The second-order valence-electron chi connectivity index (χ2n) is 4.63. The highest BCUT2D eigenvalue weighted by Gasteiger charge is 2.14. The predicted octanol–water partition coefficient (Wildman–Crippen LogP) is 3.19. The van der Waals surface area contributed by atoms with Gasteiger partial charge in [-0.2, -0.15) is 0 Å². The van der Waals surface area contributed by atoms with Gasteiger partial charge in [0.25, 0.3) is 5.91 Å². The van der Waals surface area contributed by atoms with E-state index >= 15 is 0 Å². The Hall–Kier alpha value is -2.29. The molecule has 0 heterocycles. The average molecular weight is 255 g/mol. The minimum Gasteiger partial charge on any atom is -0.507 e. The van der Waals surface area contributed by atoms with Crippen molar-refractivity contribution in [1.29, 1.82) is 0 Å². The number of benzene rings is 2. The van der Waals surface area contributed by atoms with Crippen molar-refractivity contribution in [2.45, 2.75) is 19.9 Å². The van der Waals surface area contributed by atoms with E-state index < -0.39 is 0 Å². The fraction of sp³-hybridized carbons (Fsp3) is 0.188. The number of carbonyl (C=O) groups is 1. The van der Waals surface area contributed by atoms with Gasteiger partial charge in [0.2, 0.25) is 0 Å². The first kappa shape index (κ1) is 13.1. The minimum atomic E-state index is -0.270. The fourth-order valence-corrected chi connectivity index (χ4v) is 1.93. The summed E-state index contributed by atoms with van der Waals surface area (Å²) in [6, 6.07) is 14.6. The summed E-state index contributed by atoms with van der Waals surface area (Å²) in [7, 11) is 0. The van der Waals surface area contributed by atoms with E-state index in [1.807, 2.05) is 50.2 Å². The zero-order valence-corrected chi connectivity index (χ0v) is 11.1. The van der Waals surface area contributed by atoms with Crippen molar-refractivity contribution in [3.8, 4) is 5.75 Å². The van der Waals surface area contributed by atoms with Crippen LogP contribution in [-0.2, 0) is 0 Å². The van der Waals surface area contributed by atoms with Crippen molar-refractivity contribution in [3.05, 3.63) is 65.2 Å². The molecule has 0 aromatic heterocycles. The maximum Gasteiger partial charge on any atom is 0.255 e. The molecule has 3 nitrogen and oxygen atoms in total. The van der Waals surface area contributed by atoms with Crippen LogP contribution in [0, 0.1) is 6.92 Å². The van der Waals surface area contributed by atoms with Gasteiger partial charge in [0.15, 0.2) is 0 Å². The van der Waals surface area contributed by atoms with Gasteiger partial charge in [-0.3, -0.25) is 4.79 Å². The number of amides is 1. The van der Waals surface area contributed by atoms with Gasteiger partial charge in [0, 0.05) is 0 Å². The van der Waals surface area contributed by atoms with Gasteiger partial charge in [-0.1, -0.05) is 36.4 Å². The fourth-order valence-electron chi connectivity index (χ4n) is 1.93. The second-order valence-corrected chi connectivity index (χ2v) is 4.63. The van der Waals surface area contributed by atoms with Crippen molar-refractivity contribution in [3.63, 3.8) is 0 Å². The van der Waals surface area contributed by atoms with Gasteiger partial charge >= 0.3 is 0 Å². The van der Waals surface area contributed by atoms with E-state index in [4.69, 9.17) is 0 Å². The van der Waals surface area contributed by atoms with E-state index in [0.29, 0.717) is 5.56 Å². The third kappa shape index (κ3) is 3.13. The van der Waals surface area contributed by atoms with Crippen LogP contribution in [0.15, 0.2) is 48.5 Å². The molecule has 0 radical (unpaired) electrons. The zero-order chi connectivity index (χ0) is 13.8. The summed E-state index contributed by atoms with van der Waals surface area (Å²) in [5.74, 6) is -0.258. The molecule has 0 saturated carbocycles. The Kier molecular flexibility index (Phi) is 3.85. The van der Waals surface area contributed by atoms with Crippen LogP contribution < -0.4 is 5.32 Å². The van der Waals surface area contributed by atoms with Crippen molar-refractivity contribution >= 4 is 5.91 Å². The number of phenols is 1. The lowest BCUT2D eigenvalue weighted by Crippen LogP contribution is -2.26. The number of phenolic OH excluding ortho intramolecular Hbond substituents is 1. The smallest absolute Gasteiger partial charge is 0.255 e. The van der Waals surface area contributed by atoms with Crippen LogP contribution >= 0.6 is 0 Å². The van der Waals surface area contributed by atoms with Crippen molar-refractivity contribution in [2.75, 3.05) is 0 Å². The maximum absolute atomic E-state index is 12.1. The molecular weight excluding hydrogens is 238 g/mol. The maximum atomic E-state index is 12.1. The topological polar surface area (TPSA) is 49.3 Å². The minimum absolute atomic E-state index is 0.0118. The van der Waals surface area contributed by atoms with E-state index in [0.717, 1.165) is 11.1 Å². The molecule has 0 saturated heterocycles. The van der Waals surface area contributed by atoms with Crippen LogP contribution in [-0.4, -0.2) is 11.0 Å². The summed E-state index contributed by atoms with van der Waals surface area (Å²) in [4.78, 5) is 12.1. The van der Waals surface area contributed by atoms with E-state index in [1.54, 1.807) is 12.1 Å². The molecule has 2 N–H and O–H groups in total. The molecule has 2 aromatic carbocycles. The summed E-state index contributed by atoms with van der Waals surface area (Å²) in [5, 5.41) is 12.7. The number of aryl methyl sites for hydroxylation is 1. The average Bonchev–Trinajstić information content (AvgIpc) is 2.39. The molecule has 3 heteroatoms. The van der Waals surface area contributed by atoms with E-state index in [9.17, 15) is 9.90 Å². The number of carbonyl (C=O) groups excluding carboxylic acids is 1. The Morgan fingerprint density at radius 2 is 1.84 bits per heavy atom. The first-order valence-corrected chi connectivity index (χ1v) is 6.23. The summed E-state index contributed by atoms with van der Waals surface area (Å²) < 4.78 is 0. The van der Waals surface area contributed by atoms with E-state index in [-0.39, 0.29) is 17.7 Å². The quantitative estimate of drug-likeness (QED) is 0.885. The molecule has 0 fully saturated rings.